The number of halogens is 1. The molecule has 1 fully saturated rings. The summed E-state index contributed by atoms with van der Waals surface area (Å²) < 4.78 is 2.01. The molecule has 1 aromatic heterocycles. The second-order valence-electron chi connectivity index (χ2n) is 8.79. The number of aromatic nitrogens is 3. The first-order valence-corrected chi connectivity index (χ1v) is 13.2. The first-order chi connectivity index (χ1) is 17.2. The molecule has 1 aliphatic rings. The van der Waals surface area contributed by atoms with Gasteiger partial charge in [-0.15, -0.1) is 10.2 Å². The van der Waals surface area contributed by atoms with Crippen LogP contribution in [0.1, 0.15) is 18.4 Å². The lowest BCUT2D eigenvalue weighted by Gasteiger charge is -2.32. The van der Waals surface area contributed by atoms with Crippen LogP contribution in [0.15, 0.2) is 90.1 Å². The molecule has 3 aromatic carbocycles. The molecule has 5 nitrogen and oxygen atoms in total. The number of likely N-dealkylation sites (tertiary alicyclic amines) is 1. The van der Waals surface area contributed by atoms with Crippen molar-refractivity contribution in [1.82, 2.24) is 19.7 Å². The highest BCUT2D eigenvalue weighted by atomic mass is 35.5. The second kappa shape index (κ2) is 11.1. The lowest BCUT2D eigenvalue weighted by atomic mass is 9.90. The molecule has 0 saturated carbocycles. The Bertz CT molecular complexity index is 1250. The minimum atomic E-state index is 0.156. The molecule has 1 saturated heterocycles. The fourth-order valence-corrected chi connectivity index (χ4v) is 5.49. The van der Waals surface area contributed by atoms with Crippen LogP contribution in [0.5, 0.6) is 0 Å². The molecule has 0 bridgehead atoms. The molecule has 35 heavy (non-hydrogen) atoms. The van der Waals surface area contributed by atoms with Crippen LogP contribution in [0.4, 0.5) is 0 Å². The zero-order valence-corrected chi connectivity index (χ0v) is 21.0. The summed E-state index contributed by atoms with van der Waals surface area (Å²) >= 11 is 7.52. The van der Waals surface area contributed by atoms with E-state index in [-0.39, 0.29) is 5.91 Å². The minimum absolute atomic E-state index is 0.156. The van der Waals surface area contributed by atoms with E-state index >= 15 is 0 Å². The van der Waals surface area contributed by atoms with Crippen LogP contribution < -0.4 is 0 Å². The summed E-state index contributed by atoms with van der Waals surface area (Å²) in [4.78, 5) is 15.0. The van der Waals surface area contributed by atoms with Crippen molar-refractivity contribution in [3.05, 3.63) is 95.5 Å². The number of carbonyl (C=O) groups excluding carboxylic acids is 1. The van der Waals surface area contributed by atoms with Crippen molar-refractivity contribution in [2.45, 2.75) is 24.4 Å². The second-order valence-corrected chi connectivity index (χ2v) is 10.2. The highest BCUT2D eigenvalue weighted by Crippen LogP contribution is 2.29. The summed E-state index contributed by atoms with van der Waals surface area (Å²) in [6, 6.07) is 28.2. The standard InChI is InChI=1S/C28H27ClN4OS/c29-24-13-11-23(12-14-24)27-30-31-28(33(27)25-9-5-2-6-10-25)35-20-26(34)32-17-15-22(16-18-32)19-21-7-3-1-4-8-21/h1-14,22H,15-20H2. The Labute approximate surface area is 215 Å². The maximum atomic E-state index is 13.0. The largest absolute Gasteiger partial charge is 0.342 e. The molecule has 2 heterocycles. The van der Waals surface area contributed by atoms with Crippen LogP contribution in [0, 0.1) is 5.92 Å². The van der Waals surface area contributed by atoms with E-state index in [9.17, 15) is 4.79 Å². The number of thioether (sulfide) groups is 1. The zero-order chi connectivity index (χ0) is 24.0. The lowest BCUT2D eigenvalue weighted by Crippen LogP contribution is -2.39. The van der Waals surface area contributed by atoms with Crippen LogP contribution >= 0.6 is 23.4 Å². The monoisotopic (exact) mass is 502 g/mol. The Morgan fingerprint density at radius 3 is 2.23 bits per heavy atom. The van der Waals surface area contributed by atoms with E-state index in [1.54, 1.807) is 0 Å². The van der Waals surface area contributed by atoms with Gasteiger partial charge >= 0.3 is 0 Å². The van der Waals surface area contributed by atoms with Gasteiger partial charge in [-0.2, -0.15) is 0 Å². The fraction of sp³-hybridized carbons (Fsp3) is 0.250. The SMILES string of the molecule is O=C(CSc1nnc(-c2ccc(Cl)cc2)n1-c1ccccc1)N1CCC(Cc2ccccc2)CC1. The fourth-order valence-electron chi connectivity index (χ4n) is 4.51. The Balaban J connectivity index is 1.25. The number of hydrogen-bond acceptors (Lipinski definition) is 4. The van der Waals surface area contributed by atoms with Gasteiger partial charge in [-0.1, -0.05) is 71.9 Å². The van der Waals surface area contributed by atoms with Crippen molar-refractivity contribution < 1.29 is 4.79 Å². The predicted octanol–water partition coefficient (Wildman–Crippen LogP) is 6.16. The van der Waals surface area contributed by atoms with Crippen molar-refractivity contribution in [3.8, 4) is 17.1 Å². The summed E-state index contributed by atoms with van der Waals surface area (Å²) in [7, 11) is 0. The maximum Gasteiger partial charge on any atom is 0.233 e. The molecule has 1 aliphatic heterocycles. The smallest absolute Gasteiger partial charge is 0.233 e. The average molecular weight is 503 g/mol. The third-order valence-electron chi connectivity index (χ3n) is 6.41. The molecule has 0 unspecified atom stereocenters. The van der Waals surface area contributed by atoms with Crippen LogP contribution in [-0.2, 0) is 11.2 Å². The third kappa shape index (κ3) is 5.77. The van der Waals surface area contributed by atoms with Gasteiger partial charge in [-0.25, -0.2) is 0 Å². The number of piperidine rings is 1. The summed E-state index contributed by atoms with van der Waals surface area (Å²) in [6.07, 6.45) is 3.18. The van der Waals surface area contributed by atoms with Gasteiger partial charge in [-0.3, -0.25) is 9.36 Å². The lowest BCUT2D eigenvalue weighted by molar-refractivity contribution is -0.129. The maximum absolute atomic E-state index is 13.0. The van der Waals surface area contributed by atoms with Crippen molar-refractivity contribution in [2.75, 3.05) is 18.8 Å². The molecule has 5 rings (SSSR count). The highest BCUT2D eigenvalue weighted by Gasteiger charge is 2.24. The third-order valence-corrected chi connectivity index (χ3v) is 7.58. The molecule has 178 valence electrons. The van der Waals surface area contributed by atoms with Gasteiger partial charge in [0.1, 0.15) is 0 Å². The van der Waals surface area contributed by atoms with Crippen molar-refractivity contribution in [3.63, 3.8) is 0 Å². The Morgan fingerprint density at radius 1 is 0.886 bits per heavy atom. The minimum Gasteiger partial charge on any atom is -0.342 e. The predicted molar refractivity (Wildman–Crippen MR) is 142 cm³/mol. The van der Waals surface area contributed by atoms with E-state index in [4.69, 9.17) is 11.6 Å². The van der Waals surface area contributed by atoms with E-state index in [1.807, 2.05) is 64.1 Å². The molecule has 4 aromatic rings. The summed E-state index contributed by atoms with van der Waals surface area (Å²) in [5.74, 6) is 1.86. The summed E-state index contributed by atoms with van der Waals surface area (Å²) in [5, 5.41) is 10.3. The Kier molecular flexibility index (Phi) is 7.50. The molecule has 7 heteroatoms. The molecule has 0 radical (unpaired) electrons. The van der Waals surface area contributed by atoms with Gasteiger partial charge < -0.3 is 4.90 Å². The normalized spacial score (nSPS) is 14.3. The average Bonchev–Trinajstić information content (AvgIpc) is 3.33. The topological polar surface area (TPSA) is 51.0 Å². The number of benzene rings is 3. The number of para-hydroxylation sites is 1. The van der Waals surface area contributed by atoms with Gasteiger partial charge in [0.15, 0.2) is 11.0 Å². The van der Waals surface area contributed by atoms with Crippen molar-refractivity contribution >= 4 is 29.3 Å². The highest BCUT2D eigenvalue weighted by molar-refractivity contribution is 7.99. The number of carbonyl (C=O) groups is 1. The molecule has 0 N–H and O–H groups in total. The van der Waals surface area contributed by atoms with Crippen LogP contribution in [-0.4, -0.2) is 44.4 Å². The number of hydrogen-bond donors (Lipinski definition) is 0. The van der Waals surface area contributed by atoms with Crippen LogP contribution in [0.3, 0.4) is 0 Å². The summed E-state index contributed by atoms with van der Waals surface area (Å²) in [5.41, 5.74) is 3.26. The van der Waals surface area contributed by atoms with Gasteiger partial charge in [-0.05, 0) is 67.1 Å². The Hall–Kier alpha value is -3.09. The van der Waals surface area contributed by atoms with Gasteiger partial charge in [0.05, 0.1) is 5.75 Å². The molecular weight excluding hydrogens is 476 g/mol. The molecule has 1 amide bonds. The van der Waals surface area contributed by atoms with Crippen LogP contribution in [0.25, 0.3) is 17.1 Å². The van der Waals surface area contributed by atoms with E-state index in [1.165, 1.54) is 17.3 Å². The number of amides is 1. The quantitative estimate of drug-likeness (QED) is 0.284. The van der Waals surface area contributed by atoms with Crippen molar-refractivity contribution in [1.29, 1.82) is 0 Å². The van der Waals surface area contributed by atoms with Crippen LogP contribution in [0.2, 0.25) is 5.02 Å². The van der Waals surface area contributed by atoms with Gasteiger partial charge in [0.25, 0.3) is 0 Å². The molecule has 0 atom stereocenters. The first-order valence-electron chi connectivity index (χ1n) is 11.9. The van der Waals surface area contributed by atoms with E-state index < -0.39 is 0 Å². The van der Waals surface area contributed by atoms with Crippen molar-refractivity contribution in [2.24, 2.45) is 5.92 Å². The van der Waals surface area contributed by atoms with E-state index in [0.717, 1.165) is 49.4 Å². The summed E-state index contributed by atoms with van der Waals surface area (Å²) in [6.45, 7) is 1.64. The first kappa shape index (κ1) is 23.6. The molecule has 0 aliphatic carbocycles. The zero-order valence-electron chi connectivity index (χ0n) is 19.4. The molecular formula is C28H27ClN4OS. The van der Waals surface area contributed by atoms with E-state index in [2.05, 4.69) is 40.5 Å². The number of rotatable bonds is 7. The molecule has 0 spiro atoms. The van der Waals surface area contributed by atoms with Gasteiger partial charge in [0.2, 0.25) is 5.91 Å². The van der Waals surface area contributed by atoms with Gasteiger partial charge in [0, 0.05) is 29.4 Å². The Morgan fingerprint density at radius 2 is 1.54 bits per heavy atom. The van der Waals surface area contributed by atoms with E-state index in [0.29, 0.717) is 21.8 Å². The number of nitrogens with zero attached hydrogens (tertiary/aromatic N) is 4.